The molecule has 0 saturated heterocycles. The number of ether oxygens (including phenoxy) is 2. The van der Waals surface area contributed by atoms with Gasteiger partial charge in [-0.1, -0.05) is 43.3 Å². The largest absolute Gasteiger partial charge is 0.476 e. The number of rotatable bonds is 7. The third-order valence-electron chi connectivity index (χ3n) is 4.13. The molecule has 2 heterocycles. The highest BCUT2D eigenvalue weighted by molar-refractivity contribution is 5.98. The van der Waals surface area contributed by atoms with Gasteiger partial charge in [-0.25, -0.2) is 4.79 Å². The molecule has 0 amide bonds. The van der Waals surface area contributed by atoms with Crippen LogP contribution in [0, 0.1) is 18.3 Å². The normalized spacial score (nSPS) is 11.2. The number of carbonyl (C=O) groups excluding carboxylic acids is 1. The maximum absolute atomic E-state index is 12.4. The second-order valence-electron chi connectivity index (χ2n) is 6.27. The highest BCUT2D eigenvalue weighted by atomic mass is 16.5. The average molecular weight is 375 g/mol. The highest BCUT2D eigenvalue weighted by Gasteiger charge is 2.17. The molecule has 6 nitrogen and oxygen atoms in total. The molecule has 3 aromatic rings. The lowest BCUT2D eigenvalue weighted by Gasteiger charge is -2.05. The van der Waals surface area contributed by atoms with E-state index in [4.69, 9.17) is 9.47 Å². The number of hydrogen-bond donors (Lipinski definition) is 0. The van der Waals surface area contributed by atoms with Crippen molar-refractivity contribution in [1.29, 1.82) is 5.26 Å². The van der Waals surface area contributed by atoms with Crippen LogP contribution < -0.4 is 4.74 Å². The minimum absolute atomic E-state index is 0.101. The molecule has 3 rings (SSSR count). The Kier molecular flexibility index (Phi) is 6.07. The van der Waals surface area contributed by atoms with Crippen LogP contribution in [0.15, 0.2) is 54.2 Å². The average Bonchev–Trinajstić information content (AvgIpc) is 3.08. The number of imidazole rings is 1. The fraction of sp³-hybridized carbons (Fsp3) is 0.227. The molecule has 0 fully saturated rings. The molecule has 0 aliphatic rings. The quantitative estimate of drug-likeness (QED) is 0.353. The first-order chi connectivity index (χ1) is 13.6. The molecule has 6 heteroatoms. The van der Waals surface area contributed by atoms with Crippen molar-refractivity contribution in [1.82, 2.24) is 9.38 Å². The second-order valence-corrected chi connectivity index (χ2v) is 6.27. The molecule has 142 valence electrons. The standard InChI is InChI=1S/C22H21N3O3/c1-3-12-27-21-19(25-11-7-8-16(2)20(25)24-21)13-18(14-23)22(26)28-15-17-9-5-4-6-10-17/h4-11,13H,3,12,15H2,1-2H3/b18-13-. The number of esters is 1. The van der Waals surface area contributed by atoms with Crippen molar-refractivity contribution in [3.63, 3.8) is 0 Å². The summed E-state index contributed by atoms with van der Waals surface area (Å²) in [5, 5.41) is 9.50. The van der Waals surface area contributed by atoms with Crippen molar-refractivity contribution in [3.05, 3.63) is 71.1 Å². The zero-order valence-corrected chi connectivity index (χ0v) is 15.9. The monoisotopic (exact) mass is 375 g/mol. The van der Waals surface area contributed by atoms with Crippen molar-refractivity contribution in [2.24, 2.45) is 0 Å². The van der Waals surface area contributed by atoms with Crippen LogP contribution in [0.25, 0.3) is 11.7 Å². The molecule has 0 aliphatic heterocycles. The van der Waals surface area contributed by atoms with Crippen molar-refractivity contribution in [2.45, 2.75) is 26.9 Å². The third kappa shape index (κ3) is 4.21. The van der Waals surface area contributed by atoms with Gasteiger partial charge in [-0.3, -0.25) is 4.40 Å². The van der Waals surface area contributed by atoms with E-state index in [-0.39, 0.29) is 12.2 Å². The van der Waals surface area contributed by atoms with Gasteiger partial charge >= 0.3 is 5.97 Å². The molecule has 0 unspecified atom stereocenters. The molecular weight excluding hydrogens is 354 g/mol. The molecule has 0 radical (unpaired) electrons. The lowest BCUT2D eigenvalue weighted by molar-refractivity contribution is -0.139. The van der Waals surface area contributed by atoms with E-state index in [2.05, 4.69) is 4.98 Å². The maximum Gasteiger partial charge on any atom is 0.349 e. The van der Waals surface area contributed by atoms with Crippen molar-refractivity contribution >= 4 is 17.7 Å². The van der Waals surface area contributed by atoms with Crippen LogP contribution in [-0.4, -0.2) is 22.0 Å². The Balaban J connectivity index is 1.92. The van der Waals surface area contributed by atoms with Crippen LogP contribution in [0.2, 0.25) is 0 Å². The van der Waals surface area contributed by atoms with Gasteiger partial charge in [-0.2, -0.15) is 10.2 Å². The smallest absolute Gasteiger partial charge is 0.349 e. The van der Waals surface area contributed by atoms with Crippen LogP contribution in [-0.2, 0) is 16.1 Å². The fourth-order valence-electron chi connectivity index (χ4n) is 2.71. The minimum atomic E-state index is -0.685. The number of nitriles is 1. The van der Waals surface area contributed by atoms with Crippen LogP contribution in [0.4, 0.5) is 0 Å². The number of aryl methyl sites for hydroxylation is 1. The van der Waals surface area contributed by atoms with Crippen molar-refractivity contribution in [3.8, 4) is 11.9 Å². The molecule has 2 aromatic heterocycles. The Morgan fingerprint density at radius 1 is 1.25 bits per heavy atom. The summed E-state index contributed by atoms with van der Waals surface area (Å²) < 4.78 is 12.8. The van der Waals surface area contributed by atoms with E-state index in [9.17, 15) is 10.1 Å². The van der Waals surface area contributed by atoms with Gasteiger partial charge in [0.1, 0.15) is 29.6 Å². The molecule has 0 N–H and O–H groups in total. The van der Waals surface area contributed by atoms with E-state index < -0.39 is 5.97 Å². The topological polar surface area (TPSA) is 76.6 Å². The Morgan fingerprint density at radius 3 is 2.75 bits per heavy atom. The fourth-order valence-corrected chi connectivity index (χ4v) is 2.71. The van der Waals surface area contributed by atoms with Crippen molar-refractivity contribution in [2.75, 3.05) is 6.61 Å². The summed E-state index contributed by atoms with van der Waals surface area (Å²) in [6, 6.07) is 15.1. The summed E-state index contributed by atoms with van der Waals surface area (Å²) in [4.78, 5) is 16.9. The van der Waals surface area contributed by atoms with E-state index in [0.29, 0.717) is 18.2 Å². The Morgan fingerprint density at radius 2 is 2.04 bits per heavy atom. The van der Waals surface area contributed by atoms with Gasteiger partial charge < -0.3 is 9.47 Å². The number of carbonyl (C=O) groups is 1. The van der Waals surface area contributed by atoms with Crippen LogP contribution >= 0.6 is 0 Å². The molecule has 1 aromatic carbocycles. The molecule has 0 aliphatic carbocycles. The van der Waals surface area contributed by atoms with Crippen LogP contribution in [0.1, 0.15) is 30.2 Å². The Bertz CT molecular complexity index is 1050. The zero-order chi connectivity index (χ0) is 19.9. The Hall–Kier alpha value is -3.59. The van der Waals surface area contributed by atoms with Gasteiger partial charge in [0.15, 0.2) is 0 Å². The SMILES string of the molecule is CCCOc1nc2c(C)cccn2c1/C=C(/C#N)C(=O)OCc1ccccc1. The van der Waals surface area contributed by atoms with Gasteiger partial charge in [-0.15, -0.1) is 0 Å². The number of hydrogen-bond acceptors (Lipinski definition) is 5. The zero-order valence-electron chi connectivity index (χ0n) is 15.9. The van der Waals surface area contributed by atoms with E-state index in [1.54, 1.807) is 0 Å². The molecule has 0 saturated carbocycles. The molecule has 0 atom stereocenters. The first-order valence-corrected chi connectivity index (χ1v) is 9.07. The van der Waals surface area contributed by atoms with Gasteiger partial charge in [0, 0.05) is 6.20 Å². The van der Waals surface area contributed by atoms with E-state index in [1.165, 1.54) is 6.08 Å². The predicted molar refractivity (Wildman–Crippen MR) is 106 cm³/mol. The number of aromatic nitrogens is 2. The summed E-state index contributed by atoms with van der Waals surface area (Å²) in [6.07, 6.45) is 4.11. The number of benzene rings is 1. The first kappa shape index (κ1) is 19.2. The summed E-state index contributed by atoms with van der Waals surface area (Å²) >= 11 is 0. The van der Waals surface area contributed by atoms with Gasteiger partial charge in [0.25, 0.3) is 0 Å². The summed E-state index contributed by atoms with van der Waals surface area (Å²) in [5.74, 6) is -0.296. The minimum Gasteiger partial charge on any atom is -0.476 e. The van der Waals surface area contributed by atoms with E-state index >= 15 is 0 Å². The van der Waals surface area contributed by atoms with Crippen LogP contribution in [0.5, 0.6) is 5.88 Å². The van der Waals surface area contributed by atoms with E-state index in [1.807, 2.05) is 73.0 Å². The summed E-state index contributed by atoms with van der Waals surface area (Å²) in [6.45, 7) is 4.53. The van der Waals surface area contributed by atoms with Gasteiger partial charge in [0.2, 0.25) is 5.88 Å². The Labute approximate surface area is 163 Å². The van der Waals surface area contributed by atoms with E-state index in [0.717, 1.165) is 23.2 Å². The number of pyridine rings is 1. The summed E-state index contributed by atoms with van der Waals surface area (Å²) in [7, 11) is 0. The molecular formula is C22H21N3O3. The summed E-state index contributed by atoms with van der Waals surface area (Å²) in [5.41, 5.74) is 2.97. The van der Waals surface area contributed by atoms with Gasteiger partial charge in [0.05, 0.1) is 6.61 Å². The molecule has 0 bridgehead atoms. The van der Waals surface area contributed by atoms with Crippen molar-refractivity contribution < 1.29 is 14.3 Å². The lowest BCUT2D eigenvalue weighted by atomic mass is 10.2. The molecule has 28 heavy (non-hydrogen) atoms. The maximum atomic E-state index is 12.4. The third-order valence-corrected chi connectivity index (χ3v) is 4.13. The molecule has 0 spiro atoms. The number of fused-ring (bicyclic) bond motifs is 1. The highest BCUT2D eigenvalue weighted by Crippen LogP contribution is 2.25. The van der Waals surface area contributed by atoms with Gasteiger partial charge in [-0.05, 0) is 36.6 Å². The lowest BCUT2D eigenvalue weighted by Crippen LogP contribution is -2.07. The second kappa shape index (κ2) is 8.87. The number of nitrogens with zero attached hydrogens (tertiary/aromatic N) is 3. The predicted octanol–water partition coefficient (Wildman–Crippen LogP) is 4.08. The first-order valence-electron chi connectivity index (χ1n) is 9.07. The van der Waals surface area contributed by atoms with Crippen LogP contribution in [0.3, 0.4) is 0 Å².